The fourth-order valence-electron chi connectivity index (χ4n) is 7.55. The first-order chi connectivity index (χ1) is 31.1. The molecule has 332 valence electrons. The van der Waals surface area contributed by atoms with E-state index >= 15 is 0 Å². The molecule has 2 aliphatic heterocycles. The van der Waals surface area contributed by atoms with E-state index in [4.69, 9.17) is 42.7 Å². The number of nitrogens with one attached hydrogen (secondary N) is 2. The third-order valence-electron chi connectivity index (χ3n) is 10.9. The van der Waals surface area contributed by atoms with Crippen LogP contribution >= 0.6 is 34.5 Å². The van der Waals surface area contributed by atoms with Crippen molar-refractivity contribution in [2.45, 2.75) is 63.1 Å². The van der Waals surface area contributed by atoms with Crippen LogP contribution in [0.3, 0.4) is 0 Å². The highest BCUT2D eigenvalue weighted by Gasteiger charge is 2.43. The van der Waals surface area contributed by atoms with E-state index in [1.165, 1.54) is 6.92 Å². The average molecular weight is 953 g/mol. The van der Waals surface area contributed by atoms with Crippen LogP contribution in [0, 0.1) is 18.3 Å². The summed E-state index contributed by atoms with van der Waals surface area (Å²) >= 11 is 13.2. The highest BCUT2D eigenvalue weighted by Crippen LogP contribution is 2.42. The normalized spacial score (nSPS) is 16.1. The molecule has 6 aromatic rings. The maximum absolute atomic E-state index is 14.6. The van der Waals surface area contributed by atoms with E-state index in [1.54, 1.807) is 55.5 Å². The molecule has 5 aromatic carbocycles. The standard InChI is InChI=1S/C47H39Cl2N5O9S2/c1-26-45(53-47(64-26)51-27(2)55)65(59,60)54-23-35-21-42-41(62-25-43(63-42)33-12-14-36(15-13-33)61-24-30-7-16-37(48)38(49)17-30)20-34(35)19-40(54)44(56)52-39(46(57)58)18-28-3-8-31(9-4-28)32-10-5-29(22-50)6-11-32/h3-17,20-21,39-40,43H,18-19,23-25H2,1-2H3,(H,52,56)(H,57,58)(H,51,53,55)/t39-,40-,43?/m0/s1. The molecule has 18 heteroatoms. The number of nitriles is 1. The number of amides is 2. The van der Waals surface area contributed by atoms with Gasteiger partial charge in [0.2, 0.25) is 11.8 Å². The number of aromatic nitrogens is 1. The number of ether oxygens (including phenoxy) is 3. The van der Waals surface area contributed by atoms with E-state index in [-0.39, 0.29) is 47.6 Å². The Morgan fingerprint density at radius 3 is 2.28 bits per heavy atom. The molecule has 65 heavy (non-hydrogen) atoms. The van der Waals surface area contributed by atoms with E-state index in [0.717, 1.165) is 37.9 Å². The number of aryl methyl sites for hydroxylation is 1. The molecule has 0 saturated carbocycles. The van der Waals surface area contributed by atoms with Gasteiger partial charge in [-0.3, -0.25) is 9.59 Å². The van der Waals surface area contributed by atoms with Gasteiger partial charge in [0.05, 0.1) is 21.7 Å². The lowest BCUT2D eigenvalue weighted by Crippen LogP contribution is -2.55. The number of carboxylic acids is 1. The van der Waals surface area contributed by atoms with Crippen LogP contribution in [0.2, 0.25) is 10.0 Å². The maximum atomic E-state index is 14.6. The molecule has 3 heterocycles. The zero-order valence-electron chi connectivity index (χ0n) is 34.7. The van der Waals surface area contributed by atoms with Crippen molar-refractivity contribution in [3.05, 3.63) is 151 Å². The van der Waals surface area contributed by atoms with Gasteiger partial charge in [-0.25, -0.2) is 18.2 Å². The zero-order chi connectivity index (χ0) is 46.0. The predicted molar refractivity (Wildman–Crippen MR) is 244 cm³/mol. The van der Waals surface area contributed by atoms with Gasteiger partial charge < -0.3 is 30.0 Å². The van der Waals surface area contributed by atoms with Crippen LogP contribution in [0.4, 0.5) is 5.13 Å². The number of sulfonamides is 1. The molecule has 0 radical (unpaired) electrons. The first-order valence-corrected chi connectivity index (χ1v) is 23.2. The Hall–Kier alpha value is -6.48. The van der Waals surface area contributed by atoms with E-state index in [2.05, 4.69) is 21.7 Å². The van der Waals surface area contributed by atoms with Crippen LogP contribution in [-0.2, 0) is 50.4 Å². The molecule has 3 N–H and O–H groups in total. The van der Waals surface area contributed by atoms with Crippen LogP contribution in [-0.4, -0.2) is 59.3 Å². The summed E-state index contributed by atoms with van der Waals surface area (Å²) in [4.78, 5) is 43.3. The summed E-state index contributed by atoms with van der Waals surface area (Å²) in [6.45, 7) is 2.98. The lowest BCUT2D eigenvalue weighted by molar-refractivity contribution is -0.142. The number of anilines is 1. The number of fused-ring (bicyclic) bond motifs is 2. The Morgan fingerprint density at radius 2 is 1.62 bits per heavy atom. The van der Waals surface area contributed by atoms with Gasteiger partial charge in [0.15, 0.2) is 27.8 Å². The van der Waals surface area contributed by atoms with Crippen molar-refractivity contribution in [1.29, 1.82) is 5.26 Å². The summed E-state index contributed by atoms with van der Waals surface area (Å²) < 4.78 is 48.8. The van der Waals surface area contributed by atoms with Crippen LogP contribution in [0.25, 0.3) is 11.1 Å². The van der Waals surface area contributed by atoms with Gasteiger partial charge in [0.25, 0.3) is 10.0 Å². The van der Waals surface area contributed by atoms with Crippen molar-refractivity contribution in [2.75, 3.05) is 11.9 Å². The number of thiazole rings is 1. The van der Waals surface area contributed by atoms with Gasteiger partial charge in [-0.05, 0) is 101 Å². The first kappa shape index (κ1) is 45.1. The molecule has 0 saturated heterocycles. The van der Waals surface area contributed by atoms with E-state index in [1.807, 2.05) is 54.6 Å². The molecule has 14 nitrogen and oxygen atoms in total. The Bertz CT molecular complexity index is 2960. The van der Waals surface area contributed by atoms with Gasteiger partial charge in [0.1, 0.15) is 31.0 Å². The van der Waals surface area contributed by atoms with Crippen LogP contribution in [0.5, 0.6) is 17.2 Å². The summed E-state index contributed by atoms with van der Waals surface area (Å²) in [5, 5.41) is 25.2. The van der Waals surface area contributed by atoms with Crippen molar-refractivity contribution in [2.24, 2.45) is 0 Å². The monoisotopic (exact) mass is 951 g/mol. The van der Waals surface area contributed by atoms with E-state index < -0.39 is 46.0 Å². The molecule has 1 unspecified atom stereocenters. The Kier molecular flexibility index (Phi) is 13.1. The third-order valence-corrected chi connectivity index (χ3v) is 14.5. The highest BCUT2D eigenvalue weighted by molar-refractivity contribution is 7.89. The summed E-state index contributed by atoms with van der Waals surface area (Å²) in [5.74, 6) is -1.18. The highest BCUT2D eigenvalue weighted by atomic mass is 35.5. The SMILES string of the molecule is CC(=O)Nc1nc(S(=O)(=O)N2Cc3cc4c(cc3C[C@H]2C(=O)N[C@@H](Cc2ccc(-c3ccc(C#N)cc3)cc2)C(=O)O)OCC(c2ccc(OCc3ccc(Cl)c(Cl)c3)cc2)O4)c(C)s1. The number of carbonyl (C=O) groups excluding carboxylic acids is 2. The quantitative estimate of drug-likeness (QED) is 0.101. The van der Waals surface area contributed by atoms with Gasteiger partial charge in [-0.15, -0.1) is 11.3 Å². The minimum absolute atomic E-state index is 0.0693. The number of hydrogen-bond acceptors (Lipinski definition) is 11. The number of aliphatic carboxylic acids is 1. The second-order valence-electron chi connectivity index (χ2n) is 15.4. The molecule has 0 aliphatic carbocycles. The molecule has 3 atom stereocenters. The fraction of sp³-hybridized carbons (Fsp3) is 0.213. The molecule has 0 bridgehead atoms. The van der Waals surface area contributed by atoms with Crippen molar-refractivity contribution in [3.63, 3.8) is 0 Å². The molecule has 0 spiro atoms. The smallest absolute Gasteiger partial charge is 0.326 e. The molecule has 0 fully saturated rings. The zero-order valence-corrected chi connectivity index (χ0v) is 37.9. The second kappa shape index (κ2) is 18.9. The number of benzene rings is 5. The maximum Gasteiger partial charge on any atom is 0.326 e. The van der Waals surface area contributed by atoms with Crippen LogP contribution in [0.1, 0.15) is 51.3 Å². The van der Waals surface area contributed by atoms with Crippen molar-refractivity contribution in [3.8, 4) is 34.4 Å². The van der Waals surface area contributed by atoms with Crippen molar-refractivity contribution >= 4 is 67.5 Å². The minimum Gasteiger partial charge on any atom is -0.489 e. The fourth-order valence-corrected chi connectivity index (χ4v) is 10.7. The molecule has 1 aromatic heterocycles. The van der Waals surface area contributed by atoms with Gasteiger partial charge in [-0.1, -0.05) is 77.8 Å². The number of halogens is 2. The first-order valence-electron chi connectivity index (χ1n) is 20.2. The van der Waals surface area contributed by atoms with Crippen molar-refractivity contribution in [1.82, 2.24) is 14.6 Å². The number of nitrogens with zero attached hydrogens (tertiary/aromatic N) is 3. The summed E-state index contributed by atoms with van der Waals surface area (Å²) in [5.41, 5.74) is 5.66. The number of carboxylic acid groups (broad SMARTS) is 1. The molecule has 2 amide bonds. The molecule has 8 rings (SSSR count). The van der Waals surface area contributed by atoms with Gasteiger partial charge in [0, 0.05) is 24.8 Å². The Labute approximate surface area is 388 Å². The molecular weight excluding hydrogens is 914 g/mol. The van der Waals surface area contributed by atoms with E-state index in [0.29, 0.717) is 49.5 Å². The number of rotatable bonds is 13. The minimum atomic E-state index is -4.54. The number of carbonyl (C=O) groups is 3. The lowest BCUT2D eigenvalue weighted by atomic mass is 9.94. The van der Waals surface area contributed by atoms with E-state index in [9.17, 15) is 27.9 Å². The van der Waals surface area contributed by atoms with Crippen LogP contribution < -0.4 is 24.8 Å². The summed E-state index contributed by atoms with van der Waals surface area (Å²) in [6.07, 6.45) is -0.737. The molecular formula is C47H39Cl2N5O9S2. The Balaban J connectivity index is 1.03. The second-order valence-corrected chi connectivity index (χ2v) is 19.2. The topological polar surface area (TPSA) is 197 Å². The number of hydrogen-bond donors (Lipinski definition) is 3. The summed E-state index contributed by atoms with van der Waals surface area (Å²) in [6, 6.07) is 29.5. The predicted octanol–water partition coefficient (Wildman–Crippen LogP) is 8.27. The lowest BCUT2D eigenvalue weighted by Gasteiger charge is -2.36. The van der Waals surface area contributed by atoms with Crippen LogP contribution in [0.15, 0.2) is 108 Å². The largest absolute Gasteiger partial charge is 0.489 e. The van der Waals surface area contributed by atoms with Gasteiger partial charge >= 0.3 is 5.97 Å². The Morgan fingerprint density at radius 1 is 0.938 bits per heavy atom. The third kappa shape index (κ3) is 10.1. The van der Waals surface area contributed by atoms with Gasteiger partial charge in [-0.2, -0.15) is 9.57 Å². The summed E-state index contributed by atoms with van der Waals surface area (Å²) in [7, 11) is -4.54. The average Bonchev–Trinajstić information content (AvgIpc) is 3.67. The van der Waals surface area contributed by atoms with Crippen molar-refractivity contribution < 1.29 is 42.1 Å². The molecule has 2 aliphatic rings.